The van der Waals surface area contributed by atoms with Crippen molar-refractivity contribution < 1.29 is 14.6 Å². The van der Waals surface area contributed by atoms with E-state index in [0.717, 1.165) is 36.1 Å². The molecule has 1 N–H and O–H groups in total. The summed E-state index contributed by atoms with van der Waals surface area (Å²) in [5.74, 6) is 1.29. The molecule has 0 amide bonds. The van der Waals surface area contributed by atoms with Gasteiger partial charge in [0.1, 0.15) is 11.5 Å². The van der Waals surface area contributed by atoms with E-state index in [-0.39, 0.29) is 17.6 Å². The molecule has 1 aromatic rings. The summed E-state index contributed by atoms with van der Waals surface area (Å²) in [6.45, 7) is 13.3. The van der Waals surface area contributed by atoms with Gasteiger partial charge in [-0.1, -0.05) is 64.5 Å². The molecule has 0 spiro atoms. The van der Waals surface area contributed by atoms with Gasteiger partial charge in [0, 0.05) is 25.0 Å². The van der Waals surface area contributed by atoms with Crippen LogP contribution >= 0.6 is 0 Å². The van der Waals surface area contributed by atoms with Gasteiger partial charge >= 0.3 is 0 Å². The summed E-state index contributed by atoms with van der Waals surface area (Å²) in [6.07, 6.45) is 7.55. The fraction of sp³-hybridized carbons (Fsp3) is 0.680. The van der Waals surface area contributed by atoms with Gasteiger partial charge in [-0.3, -0.25) is 0 Å². The maximum Gasteiger partial charge on any atom is 0.200 e. The van der Waals surface area contributed by atoms with Crippen LogP contribution in [0, 0.1) is 0 Å². The van der Waals surface area contributed by atoms with Crippen molar-refractivity contribution in [1.29, 1.82) is 0 Å². The van der Waals surface area contributed by atoms with Crippen molar-refractivity contribution in [2.45, 2.75) is 104 Å². The van der Waals surface area contributed by atoms with Gasteiger partial charge in [-0.25, -0.2) is 0 Å². The fourth-order valence-electron chi connectivity index (χ4n) is 4.50. The van der Waals surface area contributed by atoms with Crippen LogP contribution in [0.2, 0.25) is 0 Å². The summed E-state index contributed by atoms with van der Waals surface area (Å²) in [7, 11) is 1.70. The highest BCUT2D eigenvalue weighted by molar-refractivity contribution is 5.54. The molecule has 1 aromatic carbocycles. The van der Waals surface area contributed by atoms with Crippen LogP contribution in [0.3, 0.4) is 0 Å². The smallest absolute Gasteiger partial charge is 0.200 e. The zero-order valence-electron chi connectivity index (χ0n) is 19.0. The van der Waals surface area contributed by atoms with Crippen LogP contribution in [0.4, 0.5) is 0 Å². The molecule has 1 heterocycles. The molecule has 1 aliphatic rings. The third-order valence-electron chi connectivity index (χ3n) is 6.30. The summed E-state index contributed by atoms with van der Waals surface area (Å²) < 4.78 is 11.7. The minimum absolute atomic E-state index is 0.00320. The predicted molar refractivity (Wildman–Crippen MR) is 117 cm³/mol. The van der Waals surface area contributed by atoms with Crippen molar-refractivity contribution in [2.75, 3.05) is 7.11 Å². The Morgan fingerprint density at radius 3 is 2.46 bits per heavy atom. The van der Waals surface area contributed by atoms with E-state index in [1.54, 1.807) is 7.11 Å². The van der Waals surface area contributed by atoms with E-state index >= 15 is 0 Å². The Morgan fingerprint density at radius 2 is 1.89 bits per heavy atom. The first kappa shape index (κ1) is 22.8. The zero-order valence-corrected chi connectivity index (χ0v) is 19.0. The van der Waals surface area contributed by atoms with Crippen molar-refractivity contribution >= 4 is 0 Å². The molecule has 0 fully saturated rings. The van der Waals surface area contributed by atoms with E-state index in [9.17, 15) is 5.11 Å². The van der Waals surface area contributed by atoms with Crippen molar-refractivity contribution in [1.82, 2.24) is 0 Å². The number of fused-ring (bicyclic) bond motifs is 1. The number of methoxy groups -OCH3 is 1. The zero-order chi connectivity index (χ0) is 20.9. The number of benzene rings is 1. The lowest BCUT2D eigenvalue weighted by Gasteiger charge is -2.35. The molecule has 2 atom stereocenters. The maximum absolute atomic E-state index is 11.0. The Hall–Kier alpha value is -1.48. The molecule has 3 nitrogen and oxygen atoms in total. The van der Waals surface area contributed by atoms with Crippen molar-refractivity contribution in [3.63, 3.8) is 0 Å². The number of hydrogen-bond acceptors (Lipinski definition) is 3. The number of hydrogen-bond donors (Lipinski definition) is 1. The fourth-order valence-corrected chi connectivity index (χ4v) is 4.50. The summed E-state index contributed by atoms with van der Waals surface area (Å²) in [4.78, 5) is 0. The number of aromatic hydroxyl groups is 1. The molecule has 0 aliphatic carbocycles. The number of rotatable bonds is 9. The molecule has 0 aromatic heterocycles. The number of ether oxygens (including phenoxy) is 2. The highest BCUT2D eigenvalue weighted by atomic mass is 16.7. The molecule has 2 unspecified atom stereocenters. The molecular weight excluding hydrogens is 348 g/mol. The first-order chi connectivity index (χ1) is 13.2. The molecule has 0 saturated carbocycles. The molecule has 158 valence electrons. The van der Waals surface area contributed by atoms with Crippen LogP contribution in [0.5, 0.6) is 11.5 Å². The molecule has 28 heavy (non-hydrogen) atoms. The van der Waals surface area contributed by atoms with E-state index < -0.39 is 0 Å². The normalized spacial score (nSPS) is 19.1. The van der Waals surface area contributed by atoms with E-state index in [2.05, 4.69) is 47.6 Å². The van der Waals surface area contributed by atoms with Gasteiger partial charge < -0.3 is 14.6 Å². The quantitative estimate of drug-likeness (QED) is 0.358. The summed E-state index contributed by atoms with van der Waals surface area (Å²) in [5, 5.41) is 11.0. The number of phenols is 1. The van der Waals surface area contributed by atoms with E-state index in [4.69, 9.17) is 9.47 Å². The molecule has 2 rings (SSSR count). The van der Waals surface area contributed by atoms with E-state index in [0.29, 0.717) is 5.75 Å². The minimum atomic E-state index is -0.277. The molecule has 1 aliphatic heterocycles. The third-order valence-corrected chi connectivity index (χ3v) is 6.30. The van der Waals surface area contributed by atoms with Crippen LogP contribution in [-0.2, 0) is 10.2 Å². The Kier molecular flexibility index (Phi) is 8.00. The SMILES string of the molecule is CCCCCCC(C)(C)c1cc(O)c2c(c1)OC(OC)CC2C(CC)=C(C)C. The number of phenolic OH excluding ortho intramolecular Hbond substituents is 1. The molecule has 3 heteroatoms. The predicted octanol–water partition coefficient (Wildman–Crippen LogP) is 7.23. The maximum atomic E-state index is 11.0. The first-order valence-electron chi connectivity index (χ1n) is 11.0. The van der Waals surface area contributed by atoms with Crippen molar-refractivity contribution in [3.05, 3.63) is 34.4 Å². The van der Waals surface area contributed by atoms with Crippen LogP contribution in [0.15, 0.2) is 23.3 Å². The number of unbranched alkanes of at least 4 members (excludes halogenated alkanes) is 3. The van der Waals surface area contributed by atoms with E-state index in [1.165, 1.54) is 36.8 Å². The second kappa shape index (κ2) is 9.82. The lowest BCUT2D eigenvalue weighted by Crippen LogP contribution is -2.29. The van der Waals surface area contributed by atoms with E-state index in [1.807, 2.05) is 6.07 Å². The highest BCUT2D eigenvalue weighted by Crippen LogP contribution is 2.49. The average molecular weight is 389 g/mol. The van der Waals surface area contributed by atoms with Gasteiger partial charge in [0.05, 0.1) is 0 Å². The topological polar surface area (TPSA) is 38.7 Å². The van der Waals surface area contributed by atoms with Gasteiger partial charge in [-0.2, -0.15) is 0 Å². The lowest BCUT2D eigenvalue weighted by molar-refractivity contribution is -0.0697. The molecule has 0 saturated heterocycles. The monoisotopic (exact) mass is 388 g/mol. The van der Waals surface area contributed by atoms with Gasteiger partial charge in [-0.05, 0) is 49.8 Å². The highest BCUT2D eigenvalue weighted by Gasteiger charge is 2.35. The van der Waals surface area contributed by atoms with Crippen LogP contribution in [-0.4, -0.2) is 18.5 Å². The minimum Gasteiger partial charge on any atom is -0.507 e. The van der Waals surface area contributed by atoms with Gasteiger partial charge in [0.15, 0.2) is 6.29 Å². The van der Waals surface area contributed by atoms with Gasteiger partial charge in [-0.15, -0.1) is 0 Å². The van der Waals surface area contributed by atoms with Crippen molar-refractivity contribution in [3.8, 4) is 11.5 Å². The molecule has 0 bridgehead atoms. The standard InChI is InChI=1S/C25H40O3/c1-8-10-11-12-13-25(5,6)18-14-21(26)24-20(19(9-2)17(3)4)16-23(27-7)28-22(24)15-18/h14-15,20,23,26H,8-13,16H2,1-7H3. The summed E-state index contributed by atoms with van der Waals surface area (Å²) in [6, 6.07) is 4.12. The second-order valence-corrected chi connectivity index (χ2v) is 9.05. The largest absolute Gasteiger partial charge is 0.507 e. The lowest BCUT2D eigenvalue weighted by atomic mass is 9.76. The van der Waals surface area contributed by atoms with Crippen molar-refractivity contribution in [2.24, 2.45) is 0 Å². The third kappa shape index (κ3) is 5.11. The first-order valence-corrected chi connectivity index (χ1v) is 11.0. The molecule has 0 radical (unpaired) electrons. The Balaban J connectivity index is 2.42. The second-order valence-electron chi connectivity index (χ2n) is 9.05. The van der Waals surface area contributed by atoms with Crippen LogP contribution < -0.4 is 4.74 Å². The van der Waals surface area contributed by atoms with Gasteiger partial charge in [0.2, 0.25) is 0 Å². The Morgan fingerprint density at radius 1 is 1.18 bits per heavy atom. The number of allylic oxidation sites excluding steroid dienone is 2. The average Bonchev–Trinajstić information content (AvgIpc) is 2.64. The Labute approximate surface area is 172 Å². The molecular formula is C25H40O3. The summed E-state index contributed by atoms with van der Waals surface area (Å²) in [5.41, 5.74) is 4.76. The van der Waals surface area contributed by atoms with Gasteiger partial charge in [0.25, 0.3) is 0 Å². The van der Waals surface area contributed by atoms with Crippen LogP contribution in [0.25, 0.3) is 0 Å². The Bertz CT molecular complexity index is 683. The van der Waals surface area contributed by atoms with Crippen LogP contribution in [0.1, 0.15) is 104 Å². The summed E-state index contributed by atoms with van der Waals surface area (Å²) >= 11 is 0.